The second-order valence-electron chi connectivity index (χ2n) is 6.10. The van der Waals surface area contributed by atoms with Crippen molar-refractivity contribution in [2.24, 2.45) is 0 Å². The van der Waals surface area contributed by atoms with Gasteiger partial charge in [-0.3, -0.25) is 14.5 Å². The van der Waals surface area contributed by atoms with Crippen molar-refractivity contribution in [1.29, 1.82) is 0 Å². The van der Waals surface area contributed by atoms with Gasteiger partial charge in [-0.2, -0.15) is 0 Å². The van der Waals surface area contributed by atoms with Crippen LogP contribution in [0.1, 0.15) is 41.5 Å². The first-order valence-electron chi connectivity index (χ1n) is 5.93. The summed E-state index contributed by atoms with van der Waals surface area (Å²) in [6.07, 6.45) is 1.34. The van der Waals surface area contributed by atoms with Crippen molar-refractivity contribution in [3.8, 4) is 0 Å². The Hall–Kier alpha value is -1.20. The van der Waals surface area contributed by atoms with Crippen molar-refractivity contribution in [2.75, 3.05) is 6.54 Å². The molecule has 0 aromatic heterocycles. The fraction of sp³-hybridized carbons (Fsp3) is 0.692. The first-order chi connectivity index (χ1) is 8.02. The Morgan fingerprint density at radius 2 is 1.67 bits per heavy atom. The molecule has 0 N–H and O–H groups in total. The highest BCUT2D eigenvalue weighted by molar-refractivity contribution is 6.15. The standard InChI is InChI=1S/C13H21NO4/c1-9-7-10(15)14(11(9)16)8-13(5,6)18-17-12(2,3)4/h7H,8H2,1-6H3. The minimum Gasteiger partial charge on any atom is -0.272 e. The maximum absolute atomic E-state index is 11.7. The molecule has 0 fully saturated rings. The van der Waals surface area contributed by atoms with Gasteiger partial charge in [0.05, 0.1) is 12.1 Å². The zero-order chi connectivity index (χ0) is 14.1. The zero-order valence-electron chi connectivity index (χ0n) is 11.9. The molecule has 18 heavy (non-hydrogen) atoms. The molecule has 5 nitrogen and oxygen atoms in total. The number of hydrogen-bond acceptors (Lipinski definition) is 4. The highest BCUT2D eigenvalue weighted by Gasteiger charge is 2.35. The molecule has 0 spiro atoms. The van der Waals surface area contributed by atoms with Gasteiger partial charge >= 0.3 is 0 Å². The largest absolute Gasteiger partial charge is 0.272 e. The van der Waals surface area contributed by atoms with E-state index in [0.29, 0.717) is 5.57 Å². The average molecular weight is 255 g/mol. The molecule has 0 saturated carbocycles. The van der Waals surface area contributed by atoms with Gasteiger partial charge in [0.1, 0.15) is 5.60 Å². The van der Waals surface area contributed by atoms with E-state index in [1.54, 1.807) is 20.8 Å². The Morgan fingerprint density at radius 1 is 1.11 bits per heavy atom. The minimum absolute atomic E-state index is 0.161. The third-order valence-electron chi connectivity index (χ3n) is 2.24. The molecule has 0 unspecified atom stereocenters. The minimum atomic E-state index is -0.753. The first-order valence-corrected chi connectivity index (χ1v) is 5.93. The Morgan fingerprint density at radius 3 is 2.06 bits per heavy atom. The van der Waals surface area contributed by atoms with E-state index < -0.39 is 11.2 Å². The van der Waals surface area contributed by atoms with Crippen molar-refractivity contribution in [3.05, 3.63) is 11.6 Å². The second kappa shape index (κ2) is 4.82. The molecule has 0 aliphatic carbocycles. The van der Waals surface area contributed by atoms with Gasteiger partial charge in [0.2, 0.25) is 0 Å². The van der Waals surface area contributed by atoms with Gasteiger partial charge < -0.3 is 0 Å². The van der Waals surface area contributed by atoms with E-state index in [2.05, 4.69) is 0 Å². The van der Waals surface area contributed by atoms with Gasteiger partial charge in [0, 0.05) is 11.6 Å². The summed E-state index contributed by atoms with van der Waals surface area (Å²) in [5, 5.41) is 0. The van der Waals surface area contributed by atoms with Crippen molar-refractivity contribution < 1.29 is 19.4 Å². The molecule has 2 amide bonds. The molecule has 102 valence electrons. The number of nitrogens with zero attached hydrogens (tertiary/aromatic N) is 1. The lowest BCUT2D eigenvalue weighted by Gasteiger charge is -2.31. The van der Waals surface area contributed by atoms with Gasteiger partial charge in [-0.15, -0.1) is 0 Å². The van der Waals surface area contributed by atoms with Crippen LogP contribution >= 0.6 is 0 Å². The molecule has 0 bridgehead atoms. The molecule has 1 rings (SSSR count). The van der Waals surface area contributed by atoms with E-state index in [0.717, 1.165) is 0 Å². The van der Waals surface area contributed by atoms with E-state index in [4.69, 9.17) is 9.78 Å². The van der Waals surface area contributed by atoms with E-state index >= 15 is 0 Å². The summed E-state index contributed by atoms with van der Waals surface area (Å²) < 4.78 is 0. The van der Waals surface area contributed by atoms with Crippen LogP contribution in [0.3, 0.4) is 0 Å². The summed E-state index contributed by atoms with van der Waals surface area (Å²) >= 11 is 0. The summed E-state index contributed by atoms with van der Waals surface area (Å²) in [7, 11) is 0. The molecule has 1 aliphatic rings. The number of hydrogen-bond donors (Lipinski definition) is 0. The molecular formula is C13H21NO4. The monoisotopic (exact) mass is 255 g/mol. The molecular weight excluding hydrogens is 234 g/mol. The SMILES string of the molecule is CC1=CC(=O)N(CC(C)(C)OOC(C)(C)C)C1=O. The fourth-order valence-corrected chi connectivity index (χ4v) is 1.43. The maximum atomic E-state index is 11.7. The predicted molar refractivity (Wildman–Crippen MR) is 66.5 cm³/mol. The molecule has 0 atom stereocenters. The molecule has 1 heterocycles. The lowest BCUT2D eigenvalue weighted by atomic mass is 10.1. The average Bonchev–Trinajstić information content (AvgIpc) is 2.41. The van der Waals surface area contributed by atoms with Gasteiger partial charge in [-0.25, -0.2) is 9.78 Å². The normalized spacial score (nSPS) is 17.4. The maximum Gasteiger partial charge on any atom is 0.256 e. The van der Waals surface area contributed by atoms with Gasteiger partial charge in [0.15, 0.2) is 0 Å². The molecule has 5 heteroatoms. The lowest BCUT2D eigenvalue weighted by molar-refractivity contribution is -0.397. The molecule has 1 aliphatic heterocycles. The Labute approximate surface area is 108 Å². The highest BCUT2D eigenvalue weighted by atomic mass is 17.2. The van der Waals surface area contributed by atoms with Gasteiger partial charge in [-0.05, 0) is 41.5 Å². The summed E-state index contributed by atoms with van der Waals surface area (Å²) in [6.45, 7) is 10.9. The first kappa shape index (κ1) is 14.9. The molecule has 0 radical (unpaired) electrons. The Balaban J connectivity index is 2.62. The quantitative estimate of drug-likeness (QED) is 0.437. The van der Waals surface area contributed by atoms with E-state index in [1.165, 1.54) is 11.0 Å². The highest BCUT2D eigenvalue weighted by Crippen LogP contribution is 2.21. The van der Waals surface area contributed by atoms with Crippen LogP contribution in [0.2, 0.25) is 0 Å². The second-order valence-corrected chi connectivity index (χ2v) is 6.10. The van der Waals surface area contributed by atoms with E-state index in [9.17, 15) is 9.59 Å². The van der Waals surface area contributed by atoms with E-state index in [1.807, 2.05) is 20.8 Å². The smallest absolute Gasteiger partial charge is 0.256 e. The van der Waals surface area contributed by atoms with Crippen LogP contribution in [0.5, 0.6) is 0 Å². The van der Waals surface area contributed by atoms with E-state index in [-0.39, 0.29) is 18.4 Å². The van der Waals surface area contributed by atoms with Crippen LogP contribution in [-0.4, -0.2) is 34.5 Å². The van der Waals surface area contributed by atoms with Crippen LogP contribution in [-0.2, 0) is 19.4 Å². The van der Waals surface area contributed by atoms with Crippen LogP contribution < -0.4 is 0 Å². The Kier molecular flexibility index (Phi) is 3.98. The number of imide groups is 1. The van der Waals surface area contributed by atoms with Crippen LogP contribution in [0.4, 0.5) is 0 Å². The lowest BCUT2D eigenvalue weighted by Crippen LogP contribution is -2.45. The summed E-state index contributed by atoms with van der Waals surface area (Å²) in [6, 6.07) is 0. The molecule has 0 saturated heterocycles. The van der Waals surface area contributed by atoms with Crippen LogP contribution in [0.15, 0.2) is 11.6 Å². The summed E-state index contributed by atoms with van der Waals surface area (Å²) in [5.41, 5.74) is -0.742. The topological polar surface area (TPSA) is 55.8 Å². The van der Waals surface area contributed by atoms with Gasteiger partial charge in [-0.1, -0.05) is 0 Å². The van der Waals surface area contributed by atoms with Crippen LogP contribution in [0.25, 0.3) is 0 Å². The van der Waals surface area contributed by atoms with Gasteiger partial charge in [0.25, 0.3) is 11.8 Å². The number of carbonyl (C=O) groups excluding carboxylic acids is 2. The van der Waals surface area contributed by atoms with Crippen LogP contribution in [0, 0.1) is 0 Å². The predicted octanol–water partition coefficient (Wildman–Crippen LogP) is 1.83. The number of carbonyl (C=O) groups is 2. The molecule has 0 aromatic rings. The Bertz CT molecular complexity index is 390. The molecule has 0 aromatic carbocycles. The zero-order valence-corrected chi connectivity index (χ0v) is 11.9. The third-order valence-corrected chi connectivity index (χ3v) is 2.24. The van der Waals surface area contributed by atoms with Crippen molar-refractivity contribution in [2.45, 2.75) is 52.7 Å². The van der Waals surface area contributed by atoms with Crippen molar-refractivity contribution in [1.82, 2.24) is 4.90 Å². The summed E-state index contributed by atoms with van der Waals surface area (Å²) in [4.78, 5) is 35.1. The summed E-state index contributed by atoms with van der Waals surface area (Å²) in [5.74, 6) is -0.572. The van der Waals surface area contributed by atoms with Crippen molar-refractivity contribution >= 4 is 11.8 Å². The third kappa shape index (κ3) is 3.92. The number of rotatable bonds is 4. The number of amides is 2. The van der Waals surface area contributed by atoms with Crippen molar-refractivity contribution in [3.63, 3.8) is 0 Å². The fourth-order valence-electron chi connectivity index (χ4n) is 1.43.